The average molecular weight is 358 g/mol. The highest BCUT2D eigenvalue weighted by Crippen LogP contribution is 2.29. The molecule has 0 atom stereocenters. The van der Waals surface area contributed by atoms with Gasteiger partial charge in [-0.3, -0.25) is 9.59 Å². The van der Waals surface area contributed by atoms with Crippen LogP contribution in [0.2, 0.25) is 0 Å². The Bertz CT molecular complexity index is 746. The third kappa shape index (κ3) is 4.66. The zero-order valence-corrected chi connectivity index (χ0v) is 15.1. The van der Waals surface area contributed by atoms with Gasteiger partial charge in [-0.05, 0) is 12.1 Å². The lowest BCUT2D eigenvalue weighted by Crippen LogP contribution is -2.46. The molecule has 1 N–H and O–H groups in total. The number of ether oxygens (including phenoxy) is 2. The molecule has 0 saturated carbocycles. The topological polar surface area (TPSA) is 94.9 Å². The summed E-state index contributed by atoms with van der Waals surface area (Å²) in [5.74, 6) is 0.514. The molecule has 8 nitrogen and oxygen atoms in total. The van der Waals surface area contributed by atoms with Crippen LogP contribution in [0.5, 0.6) is 11.5 Å². The van der Waals surface area contributed by atoms with E-state index in [0.717, 1.165) is 0 Å². The molecule has 0 aromatic heterocycles. The Balaban J connectivity index is 2.10. The van der Waals surface area contributed by atoms with Crippen LogP contribution in [0.1, 0.15) is 6.92 Å². The number of nitrogens with one attached hydrogen (secondary N) is 1. The highest BCUT2D eigenvalue weighted by molar-refractivity contribution is 6.07. The molecule has 0 bridgehead atoms. The lowest BCUT2D eigenvalue weighted by atomic mass is 10.2. The van der Waals surface area contributed by atoms with Crippen LogP contribution >= 0.6 is 0 Å². The number of carbonyl (C=O) groups is 2. The average Bonchev–Trinajstić information content (AvgIpc) is 2.66. The van der Waals surface area contributed by atoms with E-state index in [2.05, 4.69) is 5.32 Å². The van der Waals surface area contributed by atoms with Crippen molar-refractivity contribution in [3.8, 4) is 17.6 Å². The van der Waals surface area contributed by atoms with Crippen molar-refractivity contribution in [1.29, 1.82) is 5.26 Å². The Hall–Kier alpha value is -3.21. The van der Waals surface area contributed by atoms with Crippen molar-refractivity contribution in [3.05, 3.63) is 30.0 Å². The van der Waals surface area contributed by atoms with Crippen molar-refractivity contribution in [2.75, 3.05) is 45.7 Å². The maximum atomic E-state index is 12.5. The standard InChI is InChI=1S/C18H22N4O4/c1-13(23)22-8-6-21(7-9-22)12-14(11-19)18(24)20-16-10-15(25-2)4-5-17(16)26-3/h4-5,10,12H,6-9H2,1-3H3,(H,20,24)/b14-12-. The first kappa shape index (κ1) is 19.1. The van der Waals surface area contributed by atoms with Gasteiger partial charge in [0.15, 0.2) is 0 Å². The molecule has 1 aliphatic heterocycles. The number of hydrogen-bond donors (Lipinski definition) is 1. The van der Waals surface area contributed by atoms with Crippen molar-refractivity contribution < 1.29 is 19.1 Å². The molecule has 0 radical (unpaired) electrons. The minimum Gasteiger partial charge on any atom is -0.497 e. The third-order valence-electron chi connectivity index (χ3n) is 4.09. The van der Waals surface area contributed by atoms with Crippen molar-refractivity contribution >= 4 is 17.5 Å². The number of amides is 2. The van der Waals surface area contributed by atoms with Gasteiger partial charge in [-0.15, -0.1) is 0 Å². The molecule has 0 unspecified atom stereocenters. The zero-order chi connectivity index (χ0) is 19.1. The van der Waals surface area contributed by atoms with E-state index in [0.29, 0.717) is 43.4 Å². The Morgan fingerprint density at radius 1 is 1.19 bits per heavy atom. The monoisotopic (exact) mass is 358 g/mol. The summed E-state index contributed by atoms with van der Waals surface area (Å²) in [6.45, 7) is 3.80. The Labute approximate surface area is 152 Å². The van der Waals surface area contributed by atoms with Gasteiger partial charge in [0.25, 0.3) is 5.91 Å². The quantitative estimate of drug-likeness (QED) is 0.628. The fourth-order valence-corrected chi connectivity index (χ4v) is 2.59. The fourth-order valence-electron chi connectivity index (χ4n) is 2.59. The second kappa shape index (κ2) is 8.76. The van der Waals surface area contributed by atoms with E-state index in [1.54, 1.807) is 23.1 Å². The first-order chi connectivity index (χ1) is 12.5. The van der Waals surface area contributed by atoms with Crippen molar-refractivity contribution in [3.63, 3.8) is 0 Å². The smallest absolute Gasteiger partial charge is 0.267 e. The molecular weight excluding hydrogens is 336 g/mol. The Morgan fingerprint density at radius 3 is 2.42 bits per heavy atom. The van der Waals surface area contributed by atoms with E-state index in [1.165, 1.54) is 27.3 Å². The number of nitriles is 1. The van der Waals surface area contributed by atoms with Gasteiger partial charge in [-0.2, -0.15) is 5.26 Å². The molecule has 0 aliphatic carbocycles. The van der Waals surface area contributed by atoms with E-state index in [1.807, 2.05) is 11.0 Å². The molecule has 26 heavy (non-hydrogen) atoms. The van der Waals surface area contributed by atoms with Crippen LogP contribution < -0.4 is 14.8 Å². The summed E-state index contributed by atoms with van der Waals surface area (Å²) >= 11 is 0. The van der Waals surface area contributed by atoms with Crippen LogP contribution in [0.25, 0.3) is 0 Å². The number of hydrogen-bond acceptors (Lipinski definition) is 6. The van der Waals surface area contributed by atoms with Gasteiger partial charge in [0.05, 0.1) is 19.9 Å². The van der Waals surface area contributed by atoms with E-state index >= 15 is 0 Å². The lowest BCUT2D eigenvalue weighted by molar-refractivity contribution is -0.130. The van der Waals surface area contributed by atoms with Crippen molar-refractivity contribution in [2.24, 2.45) is 0 Å². The molecule has 1 heterocycles. The summed E-state index contributed by atoms with van der Waals surface area (Å²) in [5, 5.41) is 12.0. The van der Waals surface area contributed by atoms with E-state index in [4.69, 9.17) is 9.47 Å². The molecule has 1 aromatic rings. The SMILES string of the molecule is COc1ccc(OC)c(NC(=O)/C(C#N)=C\N2CCN(C(C)=O)CC2)c1. The molecule has 2 amide bonds. The van der Waals surface area contributed by atoms with E-state index in [9.17, 15) is 14.9 Å². The minimum atomic E-state index is -0.534. The first-order valence-corrected chi connectivity index (χ1v) is 8.13. The number of rotatable bonds is 5. The van der Waals surface area contributed by atoms with Gasteiger partial charge in [0.1, 0.15) is 23.1 Å². The number of benzene rings is 1. The minimum absolute atomic E-state index is 0.0221. The molecule has 138 valence electrons. The summed E-state index contributed by atoms with van der Waals surface area (Å²) in [6, 6.07) is 6.93. The molecular formula is C18H22N4O4. The van der Waals surface area contributed by atoms with E-state index in [-0.39, 0.29) is 11.5 Å². The molecule has 1 aliphatic rings. The van der Waals surface area contributed by atoms with Crippen LogP contribution in [-0.4, -0.2) is 62.0 Å². The van der Waals surface area contributed by atoms with E-state index < -0.39 is 5.91 Å². The highest BCUT2D eigenvalue weighted by Gasteiger charge is 2.19. The predicted molar refractivity (Wildman–Crippen MR) is 95.7 cm³/mol. The number of methoxy groups -OCH3 is 2. The summed E-state index contributed by atoms with van der Waals surface area (Å²) in [5.41, 5.74) is 0.394. The first-order valence-electron chi connectivity index (χ1n) is 8.13. The van der Waals surface area contributed by atoms with Gasteiger partial charge >= 0.3 is 0 Å². The van der Waals surface area contributed by atoms with Crippen molar-refractivity contribution in [2.45, 2.75) is 6.92 Å². The van der Waals surface area contributed by atoms with Crippen LogP contribution in [0, 0.1) is 11.3 Å². The summed E-state index contributed by atoms with van der Waals surface area (Å²) < 4.78 is 10.4. The molecule has 8 heteroatoms. The second-order valence-corrected chi connectivity index (χ2v) is 5.72. The van der Waals surface area contributed by atoms with Gasteiger partial charge in [0.2, 0.25) is 5.91 Å². The largest absolute Gasteiger partial charge is 0.497 e. The normalized spacial score (nSPS) is 14.5. The number of anilines is 1. The second-order valence-electron chi connectivity index (χ2n) is 5.72. The highest BCUT2D eigenvalue weighted by atomic mass is 16.5. The molecule has 0 spiro atoms. The van der Waals surface area contributed by atoms with Gasteiger partial charge in [-0.25, -0.2) is 0 Å². The number of piperazine rings is 1. The predicted octanol–water partition coefficient (Wildman–Crippen LogP) is 1.21. The maximum Gasteiger partial charge on any atom is 0.267 e. The Kier molecular flexibility index (Phi) is 6.44. The Morgan fingerprint density at radius 2 is 1.88 bits per heavy atom. The number of nitrogens with zero attached hydrogens (tertiary/aromatic N) is 3. The fraction of sp³-hybridized carbons (Fsp3) is 0.389. The molecule has 2 rings (SSSR count). The van der Waals surface area contributed by atoms with Crippen LogP contribution in [0.4, 0.5) is 5.69 Å². The molecule has 1 aromatic carbocycles. The third-order valence-corrected chi connectivity index (χ3v) is 4.09. The van der Waals surface area contributed by atoms with Gasteiger partial charge in [-0.1, -0.05) is 0 Å². The summed E-state index contributed by atoms with van der Waals surface area (Å²) in [7, 11) is 3.02. The lowest BCUT2D eigenvalue weighted by Gasteiger charge is -2.33. The number of carbonyl (C=O) groups excluding carboxylic acids is 2. The van der Waals surface area contributed by atoms with Crippen LogP contribution in [0.3, 0.4) is 0 Å². The maximum absolute atomic E-state index is 12.5. The van der Waals surface area contributed by atoms with Crippen LogP contribution in [0.15, 0.2) is 30.0 Å². The molecule has 1 fully saturated rings. The zero-order valence-electron chi connectivity index (χ0n) is 15.1. The molecule has 1 saturated heterocycles. The van der Waals surface area contributed by atoms with Crippen LogP contribution in [-0.2, 0) is 9.59 Å². The summed E-state index contributed by atoms with van der Waals surface area (Å²) in [6.07, 6.45) is 1.53. The van der Waals surface area contributed by atoms with Gasteiger partial charge < -0.3 is 24.6 Å². The van der Waals surface area contributed by atoms with Crippen molar-refractivity contribution in [1.82, 2.24) is 9.80 Å². The van der Waals surface area contributed by atoms with Gasteiger partial charge in [0, 0.05) is 45.4 Å². The summed E-state index contributed by atoms with van der Waals surface area (Å²) in [4.78, 5) is 27.4.